The first kappa shape index (κ1) is 14.0. The predicted octanol–water partition coefficient (Wildman–Crippen LogP) is 1.81. The van der Waals surface area contributed by atoms with Crippen LogP contribution in [0.2, 0.25) is 0 Å². The van der Waals surface area contributed by atoms with Gasteiger partial charge in [-0.1, -0.05) is 25.1 Å². The molecule has 2 rings (SSSR count). The summed E-state index contributed by atoms with van der Waals surface area (Å²) in [5, 5.41) is 0. The molecule has 1 aliphatic heterocycles. The van der Waals surface area contributed by atoms with Gasteiger partial charge in [-0.25, -0.2) is 4.39 Å². The summed E-state index contributed by atoms with van der Waals surface area (Å²) in [6.45, 7) is 4.02. The van der Waals surface area contributed by atoms with Crippen molar-refractivity contribution in [2.75, 3.05) is 19.6 Å². The Labute approximate surface area is 113 Å². The number of nitrogens with two attached hydrogens (primary N) is 1. The van der Waals surface area contributed by atoms with E-state index in [0.717, 1.165) is 19.5 Å². The first-order valence-corrected chi connectivity index (χ1v) is 6.84. The van der Waals surface area contributed by atoms with E-state index in [4.69, 9.17) is 5.73 Å². The number of amides is 1. The van der Waals surface area contributed by atoms with Crippen molar-refractivity contribution in [3.63, 3.8) is 0 Å². The number of rotatable bonds is 4. The average molecular weight is 264 g/mol. The fourth-order valence-corrected chi connectivity index (χ4v) is 2.62. The molecular weight excluding hydrogens is 243 g/mol. The van der Waals surface area contributed by atoms with Gasteiger partial charge in [-0.15, -0.1) is 0 Å². The number of hydrogen-bond donors (Lipinski definition) is 1. The Hall–Kier alpha value is -1.42. The summed E-state index contributed by atoms with van der Waals surface area (Å²) in [6.07, 6.45) is 1.43. The van der Waals surface area contributed by atoms with E-state index in [9.17, 15) is 9.18 Å². The van der Waals surface area contributed by atoms with E-state index in [1.54, 1.807) is 18.2 Å². The van der Waals surface area contributed by atoms with Gasteiger partial charge >= 0.3 is 0 Å². The Morgan fingerprint density at radius 3 is 2.89 bits per heavy atom. The molecule has 0 aromatic heterocycles. The zero-order chi connectivity index (χ0) is 13.8. The second kappa shape index (κ2) is 6.15. The number of halogens is 1. The third kappa shape index (κ3) is 3.32. The second-order valence-electron chi connectivity index (χ2n) is 5.37. The molecule has 1 aliphatic rings. The maximum atomic E-state index is 13.6. The molecule has 0 saturated carbocycles. The zero-order valence-electron chi connectivity index (χ0n) is 11.3. The van der Waals surface area contributed by atoms with Crippen LogP contribution in [0.1, 0.15) is 18.9 Å². The third-order valence-corrected chi connectivity index (χ3v) is 3.84. The summed E-state index contributed by atoms with van der Waals surface area (Å²) in [4.78, 5) is 14.1. The van der Waals surface area contributed by atoms with Crippen molar-refractivity contribution >= 4 is 5.91 Å². The van der Waals surface area contributed by atoms with Gasteiger partial charge in [0.1, 0.15) is 5.82 Å². The van der Waals surface area contributed by atoms with Gasteiger partial charge in [0, 0.05) is 19.0 Å². The minimum absolute atomic E-state index is 0.110. The van der Waals surface area contributed by atoms with Gasteiger partial charge in [-0.3, -0.25) is 4.79 Å². The number of benzene rings is 1. The summed E-state index contributed by atoms with van der Waals surface area (Å²) in [7, 11) is 0. The number of hydrogen-bond acceptors (Lipinski definition) is 2. The molecule has 1 heterocycles. The summed E-state index contributed by atoms with van der Waals surface area (Å²) in [5.41, 5.74) is 6.24. The molecular formula is C15H21FN2O. The molecule has 2 N–H and O–H groups in total. The first-order chi connectivity index (χ1) is 9.11. The molecule has 19 heavy (non-hydrogen) atoms. The smallest absolute Gasteiger partial charge is 0.225 e. The van der Waals surface area contributed by atoms with Gasteiger partial charge in [-0.2, -0.15) is 0 Å². The van der Waals surface area contributed by atoms with Gasteiger partial charge < -0.3 is 10.6 Å². The van der Waals surface area contributed by atoms with Crippen molar-refractivity contribution in [3.8, 4) is 0 Å². The summed E-state index contributed by atoms with van der Waals surface area (Å²) in [5.74, 6) is 0.112. The molecule has 4 heteroatoms. The Morgan fingerprint density at radius 2 is 2.26 bits per heavy atom. The lowest BCUT2D eigenvalue weighted by Crippen LogP contribution is -2.34. The van der Waals surface area contributed by atoms with Gasteiger partial charge in [0.15, 0.2) is 0 Å². The van der Waals surface area contributed by atoms with E-state index in [2.05, 4.69) is 0 Å². The van der Waals surface area contributed by atoms with Crippen LogP contribution >= 0.6 is 0 Å². The zero-order valence-corrected chi connectivity index (χ0v) is 11.3. The molecule has 0 bridgehead atoms. The number of carbonyl (C=O) groups is 1. The molecule has 0 spiro atoms. The average Bonchev–Trinajstić information content (AvgIpc) is 2.89. The molecule has 0 aliphatic carbocycles. The first-order valence-electron chi connectivity index (χ1n) is 6.84. The van der Waals surface area contributed by atoms with E-state index in [1.165, 1.54) is 6.07 Å². The summed E-state index contributed by atoms with van der Waals surface area (Å²) < 4.78 is 13.6. The highest BCUT2D eigenvalue weighted by Crippen LogP contribution is 2.20. The Kier molecular flexibility index (Phi) is 4.53. The lowest BCUT2D eigenvalue weighted by atomic mass is 9.99. The fourth-order valence-electron chi connectivity index (χ4n) is 2.62. The number of nitrogens with zero attached hydrogens (tertiary/aromatic N) is 1. The van der Waals surface area contributed by atoms with Crippen LogP contribution < -0.4 is 5.73 Å². The van der Waals surface area contributed by atoms with Crippen molar-refractivity contribution < 1.29 is 9.18 Å². The minimum atomic E-state index is -0.233. The van der Waals surface area contributed by atoms with E-state index in [1.807, 2.05) is 11.8 Å². The molecule has 2 atom stereocenters. The quantitative estimate of drug-likeness (QED) is 0.901. The van der Waals surface area contributed by atoms with E-state index in [0.29, 0.717) is 24.4 Å². The summed E-state index contributed by atoms with van der Waals surface area (Å²) in [6, 6.07) is 6.65. The normalized spacial score (nSPS) is 20.6. The minimum Gasteiger partial charge on any atom is -0.342 e. The van der Waals surface area contributed by atoms with E-state index in [-0.39, 0.29) is 17.6 Å². The van der Waals surface area contributed by atoms with Crippen molar-refractivity contribution in [3.05, 3.63) is 35.6 Å². The van der Waals surface area contributed by atoms with Crippen LogP contribution in [-0.2, 0) is 11.2 Å². The molecule has 1 aromatic rings. The van der Waals surface area contributed by atoms with E-state index >= 15 is 0 Å². The van der Waals surface area contributed by atoms with Gasteiger partial charge in [0.25, 0.3) is 0 Å². The lowest BCUT2D eigenvalue weighted by Gasteiger charge is -2.21. The van der Waals surface area contributed by atoms with Crippen molar-refractivity contribution in [1.29, 1.82) is 0 Å². The molecule has 0 unspecified atom stereocenters. The van der Waals surface area contributed by atoms with Crippen molar-refractivity contribution in [2.45, 2.75) is 19.8 Å². The third-order valence-electron chi connectivity index (χ3n) is 3.84. The molecule has 1 fully saturated rings. The molecule has 104 valence electrons. The maximum absolute atomic E-state index is 13.6. The Morgan fingerprint density at radius 1 is 1.53 bits per heavy atom. The van der Waals surface area contributed by atoms with Crippen LogP contribution in [0.3, 0.4) is 0 Å². The SMILES string of the molecule is C[C@@H](Cc1ccccc1F)C(=O)N1CC[C@H](CN)C1. The highest BCUT2D eigenvalue weighted by atomic mass is 19.1. The number of likely N-dealkylation sites (tertiary alicyclic amines) is 1. The number of carbonyl (C=O) groups excluding carboxylic acids is 1. The Bertz CT molecular complexity index is 450. The van der Waals surface area contributed by atoms with Crippen LogP contribution in [0, 0.1) is 17.7 Å². The summed E-state index contributed by atoms with van der Waals surface area (Å²) >= 11 is 0. The lowest BCUT2D eigenvalue weighted by molar-refractivity contribution is -0.134. The monoisotopic (exact) mass is 264 g/mol. The molecule has 1 saturated heterocycles. The van der Waals surface area contributed by atoms with E-state index < -0.39 is 0 Å². The standard InChI is InChI=1S/C15H21FN2O/c1-11(8-13-4-2-3-5-14(13)16)15(19)18-7-6-12(9-17)10-18/h2-5,11-12H,6-10,17H2,1H3/t11-,12+/m0/s1. The van der Waals surface area contributed by atoms with Crippen LogP contribution in [0.25, 0.3) is 0 Å². The van der Waals surface area contributed by atoms with Crippen molar-refractivity contribution in [2.24, 2.45) is 17.6 Å². The fraction of sp³-hybridized carbons (Fsp3) is 0.533. The van der Waals surface area contributed by atoms with Crippen LogP contribution in [0.15, 0.2) is 24.3 Å². The van der Waals surface area contributed by atoms with Crippen LogP contribution in [0.5, 0.6) is 0 Å². The van der Waals surface area contributed by atoms with Crippen LogP contribution in [-0.4, -0.2) is 30.4 Å². The molecule has 1 amide bonds. The molecule has 0 radical (unpaired) electrons. The Balaban J connectivity index is 1.95. The highest BCUT2D eigenvalue weighted by molar-refractivity contribution is 5.79. The molecule has 1 aromatic carbocycles. The van der Waals surface area contributed by atoms with Crippen molar-refractivity contribution in [1.82, 2.24) is 4.90 Å². The topological polar surface area (TPSA) is 46.3 Å². The highest BCUT2D eigenvalue weighted by Gasteiger charge is 2.28. The van der Waals surface area contributed by atoms with Crippen LogP contribution in [0.4, 0.5) is 4.39 Å². The second-order valence-corrected chi connectivity index (χ2v) is 5.37. The van der Waals surface area contributed by atoms with Gasteiger partial charge in [0.2, 0.25) is 5.91 Å². The molecule has 3 nitrogen and oxygen atoms in total. The predicted molar refractivity (Wildman–Crippen MR) is 73.0 cm³/mol. The largest absolute Gasteiger partial charge is 0.342 e. The van der Waals surface area contributed by atoms with Gasteiger partial charge in [0.05, 0.1) is 0 Å². The maximum Gasteiger partial charge on any atom is 0.225 e. The van der Waals surface area contributed by atoms with Gasteiger partial charge in [-0.05, 0) is 36.9 Å².